The molecule has 1 aromatic carbocycles. The van der Waals surface area contributed by atoms with E-state index in [9.17, 15) is 4.39 Å². The van der Waals surface area contributed by atoms with Gasteiger partial charge in [-0.3, -0.25) is 0 Å². The van der Waals surface area contributed by atoms with E-state index in [0.717, 1.165) is 12.8 Å². The molecular weight excluding hydrogens is 273 g/mol. The van der Waals surface area contributed by atoms with E-state index in [-0.39, 0.29) is 5.82 Å². The second-order valence-electron chi connectivity index (χ2n) is 3.89. The molecule has 0 amide bonds. The van der Waals surface area contributed by atoms with Gasteiger partial charge in [0.2, 0.25) is 0 Å². The van der Waals surface area contributed by atoms with Crippen molar-refractivity contribution in [3.8, 4) is 11.4 Å². The summed E-state index contributed by atoms with van der Waals surface area (Å²) in [7, 11) is 0. The fourth-order valence-corrected chi connectivity index (χ4v) is 2.27. The van der Waals surface area contributed by atoms with Crippen LogP contribution in [0.15, 0.2) is 29.0 Å². The van der Waals surface area contributed by atoms with E-state index in [4.69, 9.17) is 0 Å². The van der Waals surface area contributed by atoms with Crippen molar-refractivity contribution < 1.29 is 4.39 Å². The van der Waals surface area contributed by atoms with E-state index >= 15 is 0 Å². The van der Waals surface area contributed by atoms with Crippen LogP contribution in [0.1, 0.15) is 18.9 Å². The highest BCUT2D eigenvalue weighted by Gasteiger charge is 2.28. The molecule has 3 nitrogen and oxygen atoms in total. The first-order chi connectivity index (χ1) is 7.77. The van der Waals surface area contributed by atoms with E-state index < -0.39 is 0 Å². The maximum Gasteiger partial charge on any atom is 0.168 e. The molecule has 0 aliphatic heterocycles. The molecular formula is C11H9BrFN3. The topological polar surface area (TPSA) is 30.7 Å². The summed E-state index contributed by atoms with van der Waals surface area (Å²) in [6.45, 7) is 0. The van der Waals surface area contributed by atoms with Crippen molar-refractivity contribution >= 4 is 15.9 Å². The molecule has 5 heteroatoms. The first-order valence-corrected chi connectivity index (χ1v) is 5.90. The van der Waals surface area contributed by atoms with E-state index in [1.165, 1.54) is 6.07 Å². The van der Waals surface area contributed by atoms with Crippen molar-refractivity contribution in [2.24, 2.45) is 0 Å². The predicted octanol–water partition coefficient (Wildman–Crippen LogP) is 3.18. The fraction of sp³-hybridized carbons (Fsp3) is 0.273. The van der Waals surface area contributed by atoms with E-state index in [1.54, 1.807) is 12.4 Å². The lowest BCUT2D eigenvalue weighted by atomic mass is 10.2. The Morgan fingerprint density at radius 3 is 2.88 bits per heavy atom. The molecule has 1 heterocycles. The minimum absolute atomic E-state index is 0.274. The molecule has 2 aromatic rings. The van der Waals surface area contributed by atoms with Gasteiger partial charge in [-0.15, -0.1) is 10.2 Å². The van der Waals surface area contributed by atoms with Gasteiger partial charge in [-0.25, -0.2) is 4.39 Å². The van der Waals surface area contributed by atoms with Crippen molar-refractivity contribution in [2.75, 3.05) is 0 Å². The quantitative estimate of drug-likeness (QED) is 0.847. The maximum atomic E-state index is 13.8. The van der Waals surface area contributed by atoms with E-state index in [1.807, 2.05) is 10.6 Å². The molecule has 0 spiro atoms. The number of nitrogens with zero attached hydrogens (tertiary/aromatic N) is 3. The molecule has 0 unspecified atom stereocenters. The molecule has 1 fully saturated rings. The summed E-state index contributed by atoms with van der Waals surface area (Å²) in [5.74, 6) is 0.330. The fourth-order valence-electron chi connectivity index (χ4n) is 1.75. The zero-order chi connectivity index (χ0) is 11.1. The van der Waals surface area contributed by atoms with Crippen LogP contribution < -0.4 is 0 Å². The van der Waals surface area contributed by atoms with Gasteiger partial charge >= 0.3 is 0 Å². The molecule has 0 atom stereocenters. The highest BCUT2D eigenvalue weighted by molar-refractivity contribution is 9.10. The third-order valence-electron chi connectivity index (χ3n) is 2.70. The van der Waals surface area contributed by atoms with Gasteiger partial charge in [-0.2, -0.15) is 0 Å². The second kappa shape index (κ2) is 3.66. The molecule has 0 bridgehead atoms. The van der Waals surface area contributed by atoms with Crippen LogP contribution in [0.4, 0.5) is 4.39 Å². The summed E-state index contributed by atoms with van der Waals surface area (Å²) in [6, 6.07) is 5.35. The molecule has 0 saturated heterocycles. The van der Waals surface area contributed by atoms with Crippen molar-refractivity contribution in [2.45, 2.75) is 18.9 Å². The van der Waals surface area contributed by atoms with Gasteiger partial charge in [0.15, 0.2) is 5.82 Å². The number of hydrogen-bond donors (Lipinski definition) is 0. The number of hydrogen-bond acceptors (Lipinski definition) is 2. The number of rotatable bonds is 2. The van der Waals surface area contributed by atoms with Crippen LogP contribution in [-0.2, 0) is 0 Å². The largest absolute Gasteiger partial charge is 0.310 e. The molecule has 0 radical (unpaired) electrons. The Morgan fingerprint density at radius 2 is 2.19 bits per heavy atom. The highest BCUT2D eigenvalue weighted by atomic mass is 79.9. The van der Waals surface area contributed by atoms with Crippen LogP contribution in [-0.4, -0.2) is 14.8 Å². The maximum absolute atomic E-state index is 13.8. The van der Waals surface area contributed by atoms with Crippen molar-refractivity contribution in [3.05, 3.63) is 34.8 Å². The average Bonchev–Trinajstić information content (AvgIpc) is 2.99. The smallest absolute Gasteiger partial charge is 0.168 e. The highest BCUT2D eigenvalue weighted by Crippen LogP contribution is 2.39. The average molecular weight is 282 g/mol. The summed E-state index contributed by atoms with van der Waals surface area (Å²) in [4.78, 5) is 0. The monoisotopic (exact) mass is 281 g/mol. The van der Waals surface area contributed by atoms with Crippen LogP contribution in [0.2, 0.25) is 0 Å². The Labute approximate surface area is 100 Å². The second-order valence-corrected chi connectivity index (χ2v) is 4.74. The predicted molar refractivity (Wildman–Crippen MR) is 61.4 cm³/mol. The minimum atomic E-state index is -0.274. The molecule has 1 aromatic heterocycles. The first-order valence-electron chi connectivity index (χ1n) is 5.11. The van der Waals surface area contributed by atoms with Gasteiger partial charge in [-0.1, -0.05) is 6.07 Å². The van der Waals surface area contributed by atoms with Crippen LogP contribution in [0, 0.1) is 5.82 Å². The van der Waals surface area contributed by atoms with Crippen LogP contribution in [0.3, 0.4) is 0 Å². The number of benzene rings is 1. The van der Waals surface area contributed by atoms with E-state index in [0.29, 0.717) is 21.9 Å². The third-order valence-corrected chi connectivity index (χ3v) is 3.36. The van der Waals surface area contributed by atoms with Gasteiger partial charge in [0.1, 0.15) is 12.1 Å². The Bertz CT molecular complexity index is 514. The first kappa shape index (κ1) is 9.96. The number of halogens is 2. The Balaban J connectivity index is 2.17. The third kappa shape index (κ3) is 1.55. The Morgan fingerprint density at radius 1 is 1.38 bits per heavy atom. The summed E-state index contributed by atoms with van der Waals surface area (Å²) in [6.07, 6.45) is 3.92. The van der Waals surface area contributed by atoms with Crippen LogP contribution in [0.5, 0.6) is 0 Å². The van der Waals surface area contributed by atoms with Gasteiger partial charge in [0, 0.05) is 10.5 Å². The molecule has 3 rings (SSSR count). The lowest BCUT2D eigenvalue weighted by Crippen LogP contribution is -1.98. The minimum Gasteiger partial charge on any atom is -0.310 e. The molecule has 1 saturated carbocycles. The standard InChI is InChI=1S/C11H9BrFN3/c12-8-2-1-3-9(13)10(8)11-15-14-6-16(11)7-4-5-7/h1-3,6-7H,4-5H2. The normalized spacial score (nSPS) is 15.4. The van der Waals surface area contributed by atoms with E-state index in [2.05, 4.69) is 26.1 Å². The molecule has 1 aliphatic rings. The molecule has 16 heavy (non-hydrogen) atoms. The summed E-state index contributed by atoms with van der Waals surface area (Å²) in [5.41, 5.74) is 0.493. The summed E-state index contributed by atoms with van der Waals surface area (Å²) < 4.78 is 16.4. The Hall–Kier alpha value is -1.23. The zero-order valence-electron chi connectivity index (χ0n) is 8.40. The van der Waals surface area contributed by atoms with Crippen LogP contribution in [0.25, 0.3) is 11.4 Å². The van der Waals surface area contributed by atoms with Crippen molar-refractivity contribution in [1.29, 1.82) is 0 Å². The van der Waals surface area contributed by atoms with Gasteiger partial charge in [0.05, 0.1) is 5.56 Å². The number of aromatic nitrogens is 3. The lowest BCUT2D eigenvalue weighted by Gasteiger charge is -2.07. The summed E-state index contributed by atoms with van der Waals surface area (Å²) in [5, 5.41) is 7.88. The van der Waals surface area contributed by atoms with Crippen LogP contribution >= 0.6 is 15.9 Å². The summed E-state index contributed by atoms with van der Waals surface area (Å²) >= 11 is 3.35. The Kier molecular flexibility index (Phi) is 2.28. The SMILES string of the molecule is Fc1cccc(Br)c1-c1nncn1C1CC1. The van der Waals surface area contributed by atoms with Crippen molar-refractivity contribution in [3.63, 3.8) is 0 Å². The van der Waals surface area contributed by atoms with Gasteiger partial charge in [0.25, 0.3) is 0 Å². The zero-order valence-corrected chi connectivity index (χ0v) is 9.98. The lowest BCUT2D eigenvalue weighted by molar-refractivity contribution is 0.625. The molecule has 82 valence electrons. The molecule has 1 aliphatic carbocycles. The van der Waals surface area contributed by atoms with Gasteiger partial charge < -0.3 is 4.57 Å². The molecule has 0 N–H and O–H groups in total. The van der Waals surface area contributed by atoms with Crippen molar-refractivity contribution in [1.82, 2.24) is 14.8 Å². The van der Waals surface area contributed by atoms with Gasteiger partial charge in [-0.05, 0) is 40.9 Å².